The van der Waals surface area contributed by atoms with Crippen molar-refractivity contribution in [2.75, 3.05) is 38.5 Å². The van der Waals surface area contributed by atoms with Gasteiger partial charge in [-0.1, -0.05) is 12.1 Å². The number of alkyl halides is 3. The van der Waals surface area contributed by atoms with Crippen LogP contribution in [0, 0.1) is 6.92 Å². The summed E-state index contributed by atoms with van der Waals surface area (Å²) in [4.78, 5) is 26.7. The molecule has 228 valence electrons. The number of carbonyl (C=O) groups excluding carboxylic acids is 1. The Bertz CT molecular complexity index is 1810. The molecular weight excluding hydrogens is 591 g/mol. The number of ether oxygens (including phenoxy) is 1. The van der Waals surface area contributed by atoms with E-state index >= 15 is 0 Å². The molecule has 2 aromatic carbocycles. The summed E-state index contributed by atoms with van der Waals surface area (Å²) in [5.74, 6) is 0.551. The van der Waals surface area contributed by atoms with E-state index in [9.17, 15) is 18.0 Å². The van der Waals surface area contributed by atoms with Gasteiger partial charge in [0.25, 0.3) is 5.91 Å². The Morgan fingerprint density at radius 1 is 1.05 bits per heavy atom. The number of aromatic nitrogens is 4. The lowest BCUT2D eigenvalue weighted by Gasteiger charge is -2.33. The normalized spacial score (nSPS) is 14.7. The zero-order chi connectivity index (χ0) is 31.0. The average molecular weight is 622 g/mol. The largest absolute Gasteiger partial charge is 0.438 e. The van der Waals surface area contributed by atoms with Crippen LogP contribution in [0.3, 0.4) is 0 Å². The van der Waals surface area contributed by atoms with E-state index in [1.54, 1.807) is 36.1 Å². The molecule has 44 heavy (non-hydrogen) atoms. The van der Waals surface area contributed by atoms with E-state index in [-0.39, 0.29) is 29.2 Å². The van der Waals surface area contributed by atoms with Gasteiger partial charge in [0, 0.05) is 62.0 Å². The minimum Gasteiger partial charge on any atom is -0.438 e. The monoisotopic (exact) mass is 621 g/mol. The SMILES string of the molecule is Cc1ccc(C(=O)Nc2ccc(CN3CCN(C)CC3)c(C(F)(F)F)c2)cc1Oc1nc(-c2ccsc2)nc2c1cnn2C. The van der Waals surface area contributed by atoms with Crippen LogP contribution in [0.5, 0.6) is 11.6 Å². The molecule has 1 aliphatic heterocycles. The van der Waals surface area contributed by atoms with E-state index in [1.807, 2.05) is 35.7 Å². The molecule has 13 heteroatoms. The number of fused-ring (bicyclic) bond motifs is 1. The summed E-state index contributed by atoms with van der Waals surface area (Å²) in [5, 5.41) is 11.4. The van der Waals surface area contributed by atoms with Gasteiger partial charge in [0.15, 0.2) is 11.5 Å². The third-order valence-electron chi connectivity index (χ3n) is 7.66. The zero-order valence-corrected chi connectivity index (χ0v) is 25.2. The third kappa shape index (κ3) is 6.30. The van der Waals surface area contributed by atoms with Crippen molar-refractivity contribution in [2.45, 2.75) is 19.6 Å². The lowest BCUT2D eigenvalue weighted by molar-refractivity contribution is -0.138. The molecule has 9 nitrogen and oxygen atoms in total. The summed E-state index contributed by atoms with van der Waals surface area (Å²) in [5.41, 5.74) is 1.85. The standard InChI is InChI=1S/C31H30F3N7O2S/c1-19-4-5-20(14-26(19)43-30-24-16-35-40(3)28(24)37-27(38-30)22-8-13-44-18-22)29(42)36-23-7-6-21(25(15-23)31(32,33)34)17-41-11-9-39(2)10-12-41/h4-8,13-16,18H,9-12,17H2,1-3H3,(H,36,42). The van der Waals surface area contributed by atoms with Crippen molar-refractivity contribution >= 4 is 34.0 Å². The minimum atomic E-state index is -4.56. The molecular formula is C31H30F3N7O2S. The Labute approximate surface area is 255 Å². The lowest BCUT2D eigenvalue weighted by Crippen LogP contribution is -2.44. The molecule has 0 unspecified atom stereocenters. The molecule has 1 aliphatic rings. The van der Waals surface area contributed by atoms with Crippen molar-refractivity contribution in [3.8, 4) is 23.0 Å². The molecule has 1 fully saturated rings. The van der Waals surface area contributed by atoms with E-state index in [0.29, 0.717) is 35.7 Å². The number of aryl methyl sites for hydroxylation is 2. The third-order valence-corrected chi connectivity index (χ3v) is 8.34. The number of nitrogens with one attached hydrogen (secondary N) is 1. The number of anilines is 1. The smallest absolute Gasteiger partial charge is 0.416 e. The first-order valence-electron chi connectivity index (χ1n) is 14.0. The Balaban J connectivity index is 1.25. The fourth-order valence-corrected chi connectivity index (χ4v) is 5.69. The van der Waals surface area contributed by atoms with Crippen LogP contribution in [0.2, 0.25) is 0 Å². The maximum atomic E-state index is 14.1. The van der Waals surface area contributed by atoms with Gasteiger partial charge in [-0.2, -0.15) is 34.6 Å². The molecule has 5 aromatic rings. The van der Waals surface area contributed by atoms with Crippen molar-refractivity contribution in [3.05, 3.63) is 81.7 Å². The van der Waals surface area contributed by atoms with Crippen LogP contribution in [-0.4, -0.2) is 68.7 Å². The molecule has 3 aromatic heterocycles. The number of carbonyl (C=O) groups is 1. The number of amides is 1. The van der Waals surface area contributed by atoms with Gasteiger partial charge in [-0.25, -0.2) is 4.98 Å². The summed E-state index contributed by atoms with van der Waals surface area (Å²) in [6.45, 7) is 5.02. The summed E-state index contributed by atoms with van der Waals surface area (Å²) in [6, 6.07) is 10.7. The van der Waals surface area contributed by atoms with Gasteiger partial charge in [0.2, 0.25) is 5.88 Å². The number of thiophene rings is 1. The Morgan fingerprint density at radius 2 is 1.84 bits per heavy atom. The van der Waals surface area contributed by atoms with Gasteiger partial charge in [-0.3, -0.25) is 14.4 Å². The number of hydrogen-bond donors (Lipinski definition) is 1. The molecule has 1 saturated heterocycles. The van der Waals surface area contributed by atoms with E-state index in [2.05, 4.69) is 25.3 Å². The molecule has 0 bridgehead atoms. The number of benzene rings is 2. The first-order valence-corrected chi connectivity index (χ1v) is 14.9. The first kappa shape index (κ1) is 29.7. The van der Waals surface area contributed by atoms with Gasteiger partial charge < -0.3 is 15.0 Å². The predicted octanol–water partition coefficient (Wildman–Crippen LogP) is 6.21. The molecule has 0 spiro atoms. The quantitative estimate of drug-likeness (QED) is 0.231. The van der Waals surface area contributed by atoms with Crippen molar-refractivity contribution in [1.82, 2.24) is 29.5 Å². The number of piperazine rings is 1. The molecule has 1 amide bonds. The highest BCUT2D eigenvalue weighted by atomic mass is 32.1. The topological polar surface area (TPSA) is 88.4 Å². The second-order valence-corrected chi connectivity index (χ2v) is 11.6. The van der Waals surface area contributed by atoms with Crippen LogP contribution in [0.25, 0.3) is 22.4 Å². The van der Waals surface area contributed by atoms with Crippen molar-refractivity contribution in [2.24, 2.45) is 7.05 Å². The van der Waals surface area contributed by atoms with Gasteiger partial charge in [-0.05, 0) is 60.8 Å². The lowest BCUT2D eigenvalue weighted by atomic mass is 10.0. The number of likely N-dealkylation sites (N-methyl/N-ethyl adjacent to an activating group) is 1. The summed E-state index contributed by atoms with van der Waals surface area (Å²) < 4.78 is 50.1. The number of halogens is 3. The second kappa shape index (κ2) is 12.0. The highest BCUT2D eigenvalue weighted by molar-refractivity contribution is 7.08. The van der Waals surface area contributed by atoms with Crippen LogP contribution in [0.1, 0.15) is 27.0 Å². The fourth-order valence-electron chi connectivity index (χ4n) is 5.06. The molecule has 0 aliphatic carbocycles. The number of hydrogen-bond acceptors (Lipinski definition) is 8. The number of rotatable bonds is 7. The van der Waals surface area contributed by atoms with Gasteiger partial charge in [-0.15, -0.1) is 0 Å². The molecule has 4 heterocycles. The van der Waals surface area contributed by atoms with Crippen LogP contribution in [0.15, 0.2) is 59.4 Å². The maximum absolute atomic E-state index is 14.1. The van der Waals surface area contributed by atoms with E-state index < -0.39 is 17.6 Å². The van der Waals surface area contributed by atoms with Crippen LogP contribution < -0.4 is 10.1 Å². The fraction of sp³-hybridized carbons (Fsp3) is 0.290. The van der Waals surface area contributed by atoms with E-state index in [1.165, 1.54) is 23.5 Å². The highest BCUT2D eigenvalue weighted by Gasteiger charge is 2.34. The van der Waals surface area contributed by atoms with Crippen molar-refractivity contribution in [1.29, 1.82) is 0 Å². The molecule has 0 saturated carbocycles. The van der Waals surface area contributed by atoms with Crippen molar-refractivity contribution < 1.29 is 22.7 Å². The first-order chi connectivity index (χ1) is 21.0. The molecule has 6 rings (SSSR count). The highest BCUT2D eigenvalue weighted by Crippen LogP contribution is 2.36. The average Bonchev–Trinajstić information content (AvgIpc) is 3.66. The van der Waals surface area contributed by atoms with Gasteiger partial charge in [0.05, 0.1) is 11.8 Å². The van der Waals surface area contributed by atoms with Crippen LogP contribution in [-0.2, 0) is 19.8 Å². The van der Waals surface area contributed by atoms with Crippen molar-refractivity contribution in [3.63, 3.8) is 0 Å². The van der Waals surface area contributed by atoms with E-state index in [4.69, 9.17) is 4.74 Å². The number of nitrogens with zero attached hydrogens (tertiary/aromatic N) is 6. The van der Waals surface area contributed by atoms with Crippen LogP contribution in [0.4, 0.5) is 18.9 Å². The van der Waals surface area contributed by atoms with E-state index in [0.717, 1.165) is 30.3 Å². The molecule has 0 atom stereocenters. The Hall–Kier alpha value is -4.33. The minimum absolute atomic E-state index is 0.0563. The predicted molar refractivity (Wildman–Crippen MR) is 163 cm³/mol. The molecule has 1 N–H and O–H groups in total. The summed E-state index contributed by atoms with van der Waals surface area (Å²) in [6.07, 6.45) is -2.95. The summed E-state index contributed by atoms with van der Waals surface area (Å²) in [7, 11) is 3.77. The van der Waals surface area contributed by atoms with Crippen LogP contribution >= 0.6 is 11.3 Å². The Kier molecular flexibility index (Phi) is 8.10. The summed E-state index contributed by atoms with van der Waals surface area (Å²) >= 11 is 1.52. The van der Waals surface area contributed by atoms with Gasteiger partial charge in [0.1, 0.15) is 11.1 Å². The molecule has 0 radical (unpaired) electrons. The zero-order valence-electron chi connectivity index (χ0n) is 24.4. The second-order valence-electron chi connectivity index (χ2n) is 10.9. The van der Waals surface area contributed by atoms with Gasteiger partial charge >= 0.3 is 6.18 Å². The maximum Gasteiger partial charge on any atom is 0.416 e. The Morgan fingerprint density at radius 3 is 2.57 bits per heavy atom.